The quantitative estimate of drug-likeness (QED) is 0.759. The minimum absolute atomic E-state index is 0.270. The zero-order valence-electron chi connectivity index (χ0n) is 9.72. The number of amides is 1. The molecule has 0 aliphatic carbocycles. The number of nitrogens with zero attached hydrogens (tertiary/aromatic N) is 3. The fourth-order valence-corrected chi connectivity index (χ4v) is 1.30. The molecule has 5 nitrogen and oxygen atoms in total. The van der Waals surface area contributed by atoms with E-state index in [1.165, 1.54) is 0 Å². The summed E-state index contributed by atoms with van der Waals surface area (Å²) >= 11 is 0. The van der Waals surface area contributed by atoms with E-state index in [1.54, 1.807) is 30.4 Å². The van der Waals surface area contributed by atoms with E-state index in [1.807, 2.05) is 6.92 Å². The minimum atomic E-state index is -0.270. The molecule has 16 heavy (non-hydrogen) atoms. The van der Waals surface area contributed by atoms with Crippen molar-refractivity contribution in [3.8, 4) is 0 Å². The van der Waals surface area contributed by atoms with Crippen LogP contribution >= 0.6 is 0 Å². The Kier molecular flexibility index (Phi) is 5.25. The standard InChI is InChI=1S/C11H17N3O2/c1-3-14(11(15)16-4-2)8-5-10-9-12-6-7-13-10/h6-7,9H,3-5,8H2,1-2H3. The lowest BCUT2D eigenvalue weighted by molar-refractivity contribution is 0.109. The van der Waals surface area contributed by atoms with Gasteiger partial charge in [-0.3, -0.25) is 9.97 Å². The van der Waals surface area contributed by atoms with Gasteiger partial charge in [-0.05, 0) is 13.8 Å². The molecule has 0 N–H and O–H groups in total. The Morgan fingerprint density at radius 2 is 2.25 bits per heavy atom. The molecule has 0 radical (unpaired) electrons. The molecule has 1 aromatic heterocycles. The van der Waals surface area contributed by atoms with Gasteiger partial charge in [-0.15, -0.1) is 0 Å². The third kappa shape index (κ3) is 3.84. The molecule has 0 aromatic carbocycles. The van der Waals surface area contributed by atoms with Gasteiger partial charge < -0.3 is 9.64 Å². The van der Waals surface area contributed by atoms with Crippen molar-refractivity contribution in [2.75, 3.05) is 19.7 Å². The highest BCUT2D eigenvalue weighted by molar-refractivity contribution is 5.67. The zero-order valence-corrected chi connectivity index (χ0v) is 9.72. The van der Waals surface area contributed by atoms with E-state index in [9.17, 15) is 4.79 Å². The van der Waals surface area contributed by atoms with Gasteiger partial charge in [-0.2, -0.15) is 0 Å². The van der Waals surface area contributed by atoms with Gasteiger partial charge in [-0.1, -0.05) is 0 Å². The van der Waals surface area contributed by atoms with Crippen molar-refractivity contribution >= 4 is 6.09 Å². The van der Waals surface area contributed by atoms with Crippen LogP contribution in [0.3, 0.4) is 0 Å². The number of aromatic nitrogens is 2. The summed E-state index contributed by atoms with van der Waals surface area (Å²) in [5.74, 6) is 0. The Balaban J connectivity index is 2.43. The van der Waals surface area contributed by atoms with Gasteiger partial charge in [0.25, 0.3) is 0 Å². The summed E-state index contributed by atoms with van der Waals surface area (Å²) in [4.78, 5) is 21.2. The van der Waals surface area contributed by atoms with Crippen LogP contribution in [0.1, 0.15) is 19.5 Å². The molecule has 88 valence electrons. The van der Waals surface area contributed by atoms with Crippen molar-refractivity contribution in [2.24, 2.45) is 0 Å². The number of likely N-dealkylation sites (N-methyl/N-ethyl adjacent to an activating group) is 1. The Morgan fingerprint density at radius 1 is 1.44 bits per heavy atom. The molecule has 1 rings (SSSR count). The molecule has 0 saturated heterocycles. The Hall–Kier alpha value is -1.65. The van der Waals surface area contributed by atoms with E-state index in [-0.39, 0.29) is 6.09 Å². The van der Waals surface area contributed by atoms with Crippen LogP contribution in [0.2, 0.25) is 0 Å². The van der Waals surface area contributed by atoms with Crippen molar-refractivity contribution in [1.82, 2.24) is 14.9 Å². The third-order valence-corrected chi connectivity index (χ3v) is 2.16. The number of hydrogen-bond donors (Lipinski definition) is 0. The van der Waals surface area contributed by atoms with Gasteiger partial charge in [0.2, 0.25) is 0 Å². The fourth-order valence-electron chi connectivity index (χ4n) is 1.30. The normalized spacial score (nSPS) is 9.88. The van der Waals surface area contributed by atoms with Crippen molar-refractivity contribution in [2.45, 2.75) is 20.3 Å². The van der Waals surface area contributed by atoms with Crippen LogP contribution in [0, 0.1) is 0 Å². The second-order valence-electron chi connectivity index (χ2n) is 3.23. The second kappa shape index (κ2) is 6.76. The molecule has 0 fully saturated rings. The predicted molar refractivity (Wildman–Crippen MR) is 60.0 cm³/mol. The average Bonchev–Trinajstić information content (AvgIpc) is 2.31. The Labute approximate surface area is 95.5 Å². The van der Waals surface area contributed by atoms with Crippen molar-refractivity contribution in [3.63, 3.8) is 0 Å². The highest BCUT2D eigenvalue weighted by Gasteiger charge is 2.11. The van der Waals surface area contributed by atoms with Gasteiger partial charge in [0.15, 0.2) is 0 Å². The first kappa shape index (κ1) is 12.4. The second-order valence-corrected chi connectivity index (χ2v) is 3.23. The molecular formula is C11H17N3O2. The number of carbonyl (C=O) groups is 1. The molecule has 0 unspecified atom stereocenters. The average molecular weight is 223 g/mol. The molecular weight excluding hydrogens is 206 g/mol. The van der Waals surface area contributed by atoms with Gasteiger partial charge >= 0.3 is 6.09 Å². The number of hydrogen-bond acceptors (Lipinski definition) is 4. The molecule has 1 amide bonds. The summed E-state index contributed by atoms with van der Waals surface area (Å²) in [5.41, 5.74) is 0.880. The van der Waals surface area contributed by atoms with Crippen LogP contribution in [0.4, 0.5) is 4.79 Å². The Bertz CT molecular complexity index is 316. The first-order valence-corrected chi connectivity index (χ1v) is 5.44. The number of ether oxygens (including phenoxy) is 1. The minimum Gasteiger partial charge on any atom is -0.450 e. The summed E-state index contributed by atoms with van der Waals surface area (Å²) in [6, 6.07) is 0. The van der Waals surface area contributed by atoms with Gasteiger partial charge in [-0.25, -0.2) is 4.79 Å². The van der Waals surface area contributed by atoms with Crippen LogP contribution in [0.15, 0.2) is 18.6 Å². The summed E-state index contributed by atoms with van der Waals surface area (Å²) in [6.45, 7) is 5.37. The molecule has 1 aromatic rings. The first-order chi connectivity index (χ1) is 7.77. The third-order valence-electron chi connectivity index (χ3n) is 2.16. The molecule has 5 heteroatoms. The van der Waals surface area contributed by atoms with E-state index in [0.717, 1.165) is 5.69 Å². The molecule has 0 saturated carbocycles. The Morgan fingerprint density at radius 3 is 2.81 bits per heavy atom. The van der Waals surface area contributed by atoms with Crippen molar-refractivity contribution < 1.29 is 9.53 Å². The maximum Gasteiger partial charge on any atom is 0.409 e. The predicted octanol–water partition coefficient (Wildman–Crippen LogP) is 1.50. The zero-order chi connectivity index (χ0) is 11.8. The summed E-state index contributed by atoms with van der Waals surface area (Å²) in [6.07, 6.45) is 5.41. The maximum atomic E-state index is 11.5. The highest BCUT2D eigenvalue weighted by Crippen LogP contribution is 1.98. The summed E-state index contributed by atoms with van der Waals surface area (Å²) < 4.78 is 4.93. The van der Waals surface area contributed by atoms with Crippen molar-refractivity contribution in [3.05, 3.63) is 24.3 Å². The molecule has 0 atom stereocenters. The fraction of sp³-hybridized carbons (Fsp3) is 0.545. The topological polar surface area (TPSA) is 55.3 Å². The SMILES string of the molecule is CCOC(=O)N(CC)CCc1cnccn1. The van der Waals surface area contributed by atoms with E-state index >= 15 is 0 Å². The van der Waals surface area contributed by atoms with E-state index in [2.05, 4.69) is 9.97 Å². The highest BCUT2D eigenvalue weighted by atomic mass is 16.6. The smallest absolute Gasteiger partial charge is 0.409 e. The first-order valence-electron chi connectivity index (χ1n) is 5.44. The van der Waals surface area contributed by atoms with E-state index in [4.69, 9.17) is 4.74 Å². The maximum absolute atomic E-state index is 11.5. The largest absolute Gasteiger partial charge is 0.450 e. The van der Waals surface area contributed by atoms with Crippen molar-refractivity contribution in [1.29, 1.82) is 0 Å². The van der Waals surface area contributed by atoms with Crippen LogP contribution in [0.5, 0.6) is 0 Å². The van der Waals surface area contributed by atoms with E-state index in [0.29, 0.717) is 26.1 Å². The molecule has 0 bridgehead atoms. The summed E-state index contributed by atoms with van der Waals surface area (Å²) in [5, 5.41) is 0. The molecule has 0 aliphatic rings. The van der Waals surface area contributed by atoms with Gasteiger partial charge in [0, 0.05) is 38.1 Å². The van der Waals surface area contributed by atoms with Gasteiger partial charge in [0.05, 0.1) is 12.3 Å². The molecule has 0 spiro atoms. The number of carbonyl (C=O) groups excluding carboxylic acids is 1. The van der Waals surface area contributed by atoms with Crippen LogP contribution in [-0.2, 0) is 11.2 Å². The van der Waals surface area contributed by atoms with E-state index < -0.39 is 0 Å². The van der Waals surface area contributed by atoms with Crippen LogP contribution < -0.4 is 0 Å². The lowest BCUT2D eigenvalue weighted by Crippen LogP contribution is -2.33. The lowest BCUT2D eigenvalue weighted by atomic mass is 10.3. The van der Waals surface area contributed by atoms with Gasteiger partial charge in [0.1, 0.15) is 0 Å². The monoisotopic (exact) mass is 223 g/mol. The summed E-state index contributed by atoms with van der Waals surface area (Å²) in [7, 11) is 0. The molecule has 0 aliphatic heterocycles. The number of rotatable bonds is 5. The van der Waals surface area contributed by atoms with Crippen LogP contribution in [0.25, 0.3) is 0 Å². The van der Waals surface area contributed by atoms with Crippen LogP contribution in [-0.4, -0.2) is 40.7 Å². The molecule has 1 heterocycles. The lowest BCUT2D eigenvalue weighted by Gasteiger charge is -2.19.